The maximum atomic E-state index is 15.0. The molecule has 3 nitrogen and oxygen atoms in total. The Balaban J connectivity index is 9.89. The molecule has 0 radical (unpaired) electrons. The molecule has 0 aliphatic carbocycles. The van der Waals surface area contributed by atoms with Crippen LogP contribution in [0, 0.1) is 0 Å². The summed E-state index contributed by atoms with van der Waals surface area (Å²) >= 11 is 0. The summed E-state index contributed by atoms with van der Waals surface area (Å²) in [6.07, 6.45) is -76.0. The van der Waals surface area contributed by atoms with Crippen LogP contribution in [0.25, 0.3) is 0 Å². The third-order valence-corrected chi connectivity index (χ3v) is 5.47. The van der Waals surface area contributed by atoms with Crippen molar-refractivity contribution in [3.63, 3.8) is 0 Å². The van der Waals surface area contributed by atoms with E-state index < -0.39 is 95.6 Å². The molecule has 0 aromatic carbocycles. The molecular weight excluding hydrogens is 872 g/mol. The summed E-state index contributed by atoms with van der Waals surface area (Å²) in [5, 5.41) is 0. The number of alkyl halides is 34. The Morgan fingerprint density at radius 3 is 0.712 bits per heavy atom. The number of halogens is 34. The molecule has 0 N–H and O–H groups in total. The average molecular weight is 872 g/mol. The van der Waals surface area contributed by atoms with Crippen molar-refractivity contribution in [1.82, 2.24) is 0 Å². The number of ether oxygens (including phenoxy) is 2. The van der Waals surface area contributed by atoms with Crippen molar-refractivity contribution in [3.8, 4) is 0 Å². The summed E-state index contributed by atoms with van der Waals surface area (Å²) in [5.41, 5.74) is 0. The van der Waals surface area contributed by atoms with Gasteiger partial charge in [-0.1, -0.05) is 0 Å². The molecule has 0 aliphatic rings. The molecule has 1 unspecified atom stereocenters. The first-order valence-corrected chi connectivity index (χ1v) is 10.4. The second-order valence-corrected chi connectivity index (χ2v) is 8.83. The van der Waals surface area contributed by atoms with Crippen LogP contribution < -0.4 is 0 Å². The van der Waals surface area contributed by atoms with Crippen LogP contribution in [0.5, 0.6) is 0 Å². The fraction of sp³-hybridized carbons (Fsp3) is 1.00. The van der Waals surface area contributed by atoms with Gasteiger partial charge < -0.3 is 0 Å². The molecule has 0 aliphatic heterocycles. The minimum absolute atomic E-state index is 0.473. The summed E-state index contributed by atoms with van der Waals surface area (Å²) in [6.45, 7) is 0. The van der Waals surface area contributed by atoms with E-state index in [1.165, 1.54) is 0 Å². The molecule has 0 heterocycles. The molecule has 1 atom stereocenters. The van der Waals surface area contributed by atoms with Crippen molar-refractivity contribution < 1.29 is 163 Å². The van der Waals surface area contributed by atoms with E-state index in [-0.39, 0.29) is 0 Å². The van der Waals surface area contributed by atoms with Crippen LogP contribution >= 0.6 is 0 Å². The molecule has 0 amide bonds. The van der Waals surface area contributed by atoms with E-state index in [4.69, 9.17) is 0 Å². The van der Waals surface area contributed by atoms with Gasteiger partial charge in [0.2, 0.25) is 0 Å². The van der Waals surface area contributed by atoms with Crippen molar-refractivity contribution in [2.75, 3.05) is 0 Å². The highest BCUT2D eigenvalue weighted by molar-refractivity contribution is 5.10. The molecule has 0 aromatic rings. The lowest BCUT2D eigenvalue weighted by molar-refractivity contribution is -1.23. The van der Waals surface area contributed by atoms with E-state index in [0.29, 0.717) is 9.47 Å². The Bertz CT molecular complexity index is 1240. The SMILES string of the molecule is FC(F)(F)C(F)(F)OC(OC(F)(F)C(F)(F)F)(C(F)(F)F)[N+](C(F)(F)F)(C(F)(F)C(F)(F)F)C(F)(F)C(F)(F)C(F)(F)C(F)(F)C(F)(F)C(F)(F)F. The fourth-order valence-electron chi connectivity index (χ4n) is 3.12. The van der Waals surface area contributed by atoms with Crippen LogP contribution in [-0.2, 0) is 9.47 Å². The van der Waals surface area contributed by atoms with Gasteiger partial charge in [0.15, 0.2) is 0 Å². The lowest BCUT2D eigenvalue weighted by atomic mass is 9.94. The Morgan fingerprint density at radius 1 is 0.250 bits per heavy atom. The number of nitrogens with zero attached hydrogens (tertiary/aromatic N) is 1. The standard InChI is InChI=1S/C15F34NO2/c16-1(17,3(20,21)5(24,25)26)2(18,19)4(22,23)10(39,40)50(15(47,48)49,11(41,42)6(27,28)29)14(9(36,37)38,51-12(43,44)7(30,31)32)52-13(45,46)8(33,34)35/q+1. The van der Waals surface area contributed by atoms with E-state index in [2.05, 4.69) is 0 Å². The molecule has 0 saturated carbocycles. The smallest absolute Gasteiger partial charge is 0.222 e. The number of hydrogen-bond donors (Lipinski definition) is 0. The topological polar surface area (TPSA) is 18.5 Å². The van der Waals surface area contributed by atoms with Gasteiger partial charge in [-0.25, -0.2) is 9.47 Å². The molecule has 0 bridgehead atoms. The van der Waals surface area contributed by atoms with Gasteiger partial charge in [-0.2, -0.15) is 119 Å². The van der Waals surface area contributed by atoms with E-state index in [9.17, 15) is 149 Å². The average Bonchev–Trinajstić information content (AvgIpc) is 2.78. The van der Waals surface area contributed by atoms with Gasteiger partial charge in [0.25, 0.3) is 0 Å². The van der Waals surface area contributed by atoms with Crippen LogP contribution in [0.1, 0.15) is 0 Å². The highest BCUT2D eigenvalue weighted by Crippen LogP contribution is 2.72. The summed E-state index contributed by atoms with van der Waals surface area (Å²) in [6, 6.07) is -22.3. The number of quaternary nitrogens is 1. The van der Waals surface area contributed by atoms with Gasteiger partial charge in [-0.3, -0.25) is 0 Å². The first-order valence-electron chi connectivity index (χ1n) is 10.4. The van der Waals surface area contributed by atoms with Gasteiger partial charge in [0.05, 0.1) is 0 Å². The maximum Gasteiger partial charge on any atom is 0.576 e. The van der Waals surface area contributed by atoms with Crippen LogP contribution in [0.3, 0.4) is 0 Å². The summed E-state index contributed by atoms with van der Waals surface area (Å²) in [7, 11) is 0. The summed E-state index contributed by atoms with van der Waals surface area (Å²) < 4.78 is 449. The normalized spacial score (nSPS) is 18.1. The minimum atomic E-state index is -11.4. The largest absolute Gasteiger partial charge is 0.576 e. The molecule has 0 rings (SSSR count). The number of hydrogen-bond acceptors (Lipinski definition) is 2. The Labute approximate surface area is 256 Å². The van der Waals surface area contributed by atoms with Gasteiger partial charge >= 0.3 is 91.1 Å². The second-order valence-electron chi connectivity index (χ2n) is 8.83. The summed E-state index contributed by atoms with van der Waals surface area (Å²) in [4.78, 5) is 0. The predicted molar refractivity (Wildman–Crippen MR) is 81.1 cm³/mol. The fourth-order valence-corrected chi connectivity index (χ4v) is 3.12. The Hall–Kier alpha value is -2.50. The van der Waals surface area contributed by atoms with Crippen molar-refractivity contribution in [2.45, 2.75) is 91.1 Å². The van der Waals surface area contributed by atoms with E-state index in [1.54, 1.807) is 0 Å². The van der Waals surface area contributed by atoms with Gasteiger partial charge in [0.1, 0.15) is 0 Å². The lowest BCUT2D eigenvalue weighted by Gasteiger charge is -2.56. The first kappa shape index (κ1) is 49.5. The van der Waals surface area contributed by atoms with E-state index in [0.717, 1.165) is 0 Å². The minimum Gasteiger partial charge on any atom is -0.222 e. The van der Waals surface area contributed by atoms with Crippen LogP contribution in [0.4, 0.5) is 149 Å². The maximum absolute atomic E-state index is 15.0. The number of rotatable bonds is 11. The zero-order chi connectivity index (χ0) is 43.4. The molecule has 37 heteroatoms. The van der Waals surface area contributed by atoms with Crippen LogP contribution in [0.2, 0.25) is 0 Å². The molecule has 0 aromatic heterocycles. The molecule has 0 saturated heterocycles. The second kappa shape index (κ2) is 12.0. The molecule has 0 spiro atoms. The molecular formula is C15F34NO2+. The zero-order valence-corrected chi connectivity index (χ0v) is 21.6. The highest BCUT2D eigenvalue weighted by atomic mass is 19.5. The zero-order valence-electron chi connectivity index (χ0n) is 21.6. The third-order valence-electron chi connectivity index (χ3n) is 5.47. The monoisotopic (exact) mass is 872 g/mol. The van der Waals surface area contributed by atoms with Crippen molar-refractivity contribution in [3.05, 3.63) is 0 Å². The van der Waals surface area contributed by atoms with Gasteiger partial charge in [-0.05, 0) is 4.48 Å². The lowest BCUT2D eigenvalue weighted by Crippen LogP contribution is -2.94. The van der Waals surface area contributed by atoms with Gasteiger partial charge in [0, 0.05) is 0 Å². The van der Waals surface area contributed by atoms with E-state index >= 15 is 0 Å². The predicted octanol–water partition coefficient (Wildman–Crippen LogP) is 10.7. The Kier molecular flexibility index (Phi) is 11.4. The summed E-state index contributed by atoms with van der Waals surface area (Å²) in [5.74, 6) is -51.6. The molecule has 314 valence electrons. The van der Waals surface area contributed by atoms with Crippen molar-refractivity contribution in [1.29, 1.82) is 0 Å². The highest BCUT2D eigenvalue weighted by Gasteiger charge is 3.09. The molecule has 0 fully saturated rings. The van der Waals surface area contributed by atoms with Crippen LogP contribution in [-0.4, -0.2) is 95.6 Å². The van der Waals surface area contributed by atoms with Crippen molar-refractivity contribution >= 4 is 0 Å². The quantitative estimate of drug-likeness (QED) is 0.0891. The first-order chi connectivity index (χ1) is 21.7. The molecule has 52 heavy (non-hydrogen) atoms. The third kappa shape index (κ3) is 6.42. The van der Waals surface area contributed by atoms with Crippen LogP contribution in [0.15, 0.2) is 0 Å². The van der Waals surface area contributed by atoms with Gasteiger partial charge in [-0.15, -0.1) is 30.7 Å². The Morgan fingerprint density at radius 2 is 0.519 bits per heavy atom. The van der Waals surface area contributed by atoms with Crippen molar-refractivity contribution in [2.24, 2.45) is 0 Å². The van der Waals surface area contributed by atoms with E-state index in [1.807, 2.05) is 0 Å².